The first-order valence-corrected chi connectivity index (χ1v) is 5.45. The monoisotopic (exact) mass is 197 g/mol. The maximum Gasteiger partial charge on any atom is 0.221 e. The van der Waals surface area contributed by atoms with E-state index in [1.807, 2.05) is 0 Å². The number of likely N-dealkylation sites (N-methyl/N-ethyl adjacent to an activating group) is 1. The molecule has 1 aliphatic heterocycles. The second-order valence-corrected chi connectivity index (χ2v) is 4.46. The maximum absolute atomic E-state index is 11.5. The molecule has 14 heavy (non-hydrogen) atoms. The van der Waals surface area contributed by atoms with Crippen LogP contribution < -0.4 is 10.6 Å². The van der Waals surface area contributed by atoms with E-state index in [-0.39, 0.29) is 5.91 Å². The minimum Gasteiger partial charge on any atom is -0.353 e. The number of nitrogens with zero attached hydrogens (tertiary/aromatic N) is 1. The van der Waals surface area contributed by atoms with Crippen LogP contribution in [0.2, 0.25) is 0 Å². The Bertz CT molecular complexity index is 215. The average Bonchev–Trinajstić information content (AvgIpc) is 2.87. The summed E-state index contributed by atoms with van der Waals surface area (Å²) in [5, 5.41) is 6.39. The Labute approximate surface area is 85.0 Å². The van der Waals surface area contributed by atoms with E-state index in [1.54, 1.807) is 0 Å². The van der Waals surface area contributed by atoms with Crippen molar-refractivity contribution in [1.82, 2.24) is 15.5 Å². The van der Waals surface area contributed by atoms with E-state index in [2.05, 4.69) is 22.6 Å². The second-order valence-electron chi connectivity index (χ2n) is 4.46. The zero-order chi connectivity index (χ0) is 9.97. The van der Waals surface area contributed by atoms with Gasteiger partial charge in [-0.05, 0) is 19.9 Å². The lowest BCUT2D eigenvalue weighted by molar-refractivity contribution is -0.121. The van der Waals surface area contributed by atoms with E-state index in [4.69, 9.17) is 0 Å². The molecule has 4 heteroatoms. The van der Waals surface area contributed by atoms with E-state index in [0.29, 0.717) is 18.5 Å². The number of piperazine rings is 1. The summed E-state index contributed by atoms with van der Waals surface area (Å²) in [5.41, 5.74) is 0. The second kappa shape index (κ2) is 4.28. The van der Waals surface area contributed by atoms with Crippen molar-refractivity contribution in [3.05, 3.63) is 0 Å². The molecule has 0 bridgehead atoms. The van der Waals surface area contributed by atoms with Crippen LogP contribution in [0.1, 0.15) is 19.3 Å². The van der Waals surface area contributed by atoms with Gasteiger partial charge in [0.05, 0.1) is 0 Å². The SMILES string of the molecule is CN1CCNC(CC(=O)NC2CC2)C1. The Morgan fingerprint density at radius 2 is 2.36 bits per heavy atom. The van der Waals surface area contributed by atoms with Gasteiger partial charge in [-0.25, -0.2) is 0 Å². The fourth-order valence-electron chi connectivity index (χ4n) is 1.87. The molecule has 4 nitrogen and oxygen atoms in total. The molecule has 1 aliphatic carbocycles. The van der Waals surface area contributed by atoms with Crippen molar-refractivity contribution in [2.45, 2.75) is 31.3 Å². The van der Waals surface area contributed by atoms with Gasteiger partial charge in [-0.2, -0.15) is 0 Å². The van der Waals surface area contributed by atoms with Gasteiger partial charge in [-0.3, -0.25) is 4.79 Å². The minimum atomic E-state index is 0.209. The van der Waals surface area contributed by atoms with Gasteiger partial charge in [-0.1, -0.05) is 0 Å². The molecule has 0 radical (unpaired) electrons. The number of carbonyl (C=O) groups is 1. The topological polar surface area (TPSA) is 44.4 Å². The standard InChI is InChI=1S/C10H19N3O/c1-13-5-4-11-9(7-13)6-10(14)12-8-2-3-8/h8-9,11H,2-7H2,1H3,(H,12,14). The molecule has 2 N–H and O–H groups in total. The molecule has 1 saturated heterocycles. The van der Waals surface area contributed by atoms with Crippen LogP contribution in [0.15, 0.2) is 0 Å². The summed E-state index contributed by atoms with van der Waals surface area (Å²) in [5.74, 6) is 0.209. The lowest BCUT2D eigenvalue weighted by Gasteiger charge is -2.30. The molecule has 0 aromatic rings. The number of hydrogen-bond acceptors (Lipinski definition) is 3. The molecule has 1 amide bonds. The third kappa shape index (κ3) is 2.96. The van der Waals surface area contributed by atoms with Gasteiger partial charge in [0.2, 0.25) is 5.91 Å². The van der Waals surface area contributed by atoms with Gasteiger partial charge in [0.1, 0.15) is 0 Å². The molecule has 0 aromatic heterocycles. The van der Waals surface area contributed by atoms with Gasteiger partial charge in [0.25, 0.3) is 0 Å². The van der Waals surface area contributed by atoms with Crippen LogP contribution in [0.3, 0.4) is 0 Å². The Balaban J connectivity index is 1.69. The van der Waals surface area contributed by atoms with Gasteiger partial charge in [0, 0.05) is 38.1 Å². The summed E-state index contributed by atoms with van der Waals surface area (Å²) in [6.07, 6.45) is 2.97. The summed E-state index contributed by atoms with van der Waals surface area (Å²) in [6, 6.07) is 0.830. The highest BCUT2D eigenvalue weighted by atomic mass is 16.1. The zero-order valence-corrected chi connectivity index (χ0v) is 8.75. The van der Waals surface area contributed by atoms with E-state index in [1.165, 1.54) is 12.8 Å². The number of amides is 1. The van der Waals surface area contributed by atoms with E-state index >= 15 is 0 Å². The lowest BCUT2D eigenvalue weighted by Crippen LogP contribution is -2.50. The molecule has 0 spiro atoms. The number of carbonyl (C=O) groups excluding carboxylic acids is 1. The van der Waals surface area contributed by atoms with Crippen molar-refractivity contribution < 1.29 is 4.79 Å². The lowest BCUT2D eigenvalue weighted by atomic mass is 10.1. The quantitative estimate of drug-likeness (QED) is 0.644. The molecular weight excluding hydrogens is 178 g/mol. The summed E-state index contributed by atoms with van der Waals surface area (Å²) in [4.78, 5) is 13.8. The van der Waals surface area contributed by atoms with Gasteiger partial charge in [0.15, 0.2) is 0 Å². The van der Waals surface area contributed by atoms with Crippen molar-refractivity contribution in [3.63, 3.8) is 0 Å². The number of rotatable bonds is 3. The third-order valence-electron chi connectivity index (χ3n) is 2.83. The predicted molar refractivity (Wildman–Crippen MR) is 55.1 cm³/mol. The molecule has 2 aliphatic rings. The van der Waals surface area contributed by atoms with Crippen molar-refractivity contribution in [2.75, 3.05) is 26.7 Å². The first-order chi connectivity index (χ1) is 6.74. The van der Waals surface area contributed by atoms with Crippen molar-refractivity contribution in [2.24, 2.45) is 0 Å². The molecule has 0 aromatic carbocycles. The molecule has 1 unspecified atom stereocenters. The predicted octanol–water partition coefficient (Wildman–Crippen LogP) is -0.441. The molecule has 1 heterocycles. The molecule has 80 valence electrons. The summed E-state index contributed by atoms with van der Waals surface area (Å²) in [6.45, 7) is 3.07. The van der Waals surface area contributed by atoms with Gasteiger partial charge >= 0.3 is 0 Å². The summed E-state index contributed by atoms with van der Waals surface area (Å²) >= 11 is 0. The first-order valence-electron chi connectivity index (χ1n) is 5.45. The van der Waals surface area contributed by atoms with Crippen molar-refractivity contribution in [1.29, 1.82) is 0 Å². The molecular formula is C10H19N3O. The van der Waals surface area contributed by atoms with Crippen LogP contribution in [0.5, 0.6) is 0 Å². The fraction of sp³-hybridized carbons (Fsp3) is 0.900. The van der Waals surface area contributed by atoms with Crippen LogP contribution in [-0.2, 0) is 4.79 Å². The van der Waals surface area contributed by atoms with Crippen LogP contribution in [0.4, 0.5) is 0 Å². The van der Waals surface area contributed by atoms with E-state index < -0.39 is 0 Å². The smallest absolute Gasteiger partial charge is 0.221 e. The fourth-order valence-corrected chi connectivity index (χ4v) is 1.87. The van der Waals surface area contributed by atoms with E-state index in [9.17, 15) is 4.79 Å². The molecule has 2 fully saturated rings. The average molecular weight is 197 g/mol. The first kappa shape index (κ1) is 9.93. The Kier molecular flexibility index (Phi) is 3.03. The van der Waals surface area contributed by atoms with Crippen molar-refractivity contribution in [3.8, 4) is 0 Å². The Hall–Kier alpha value is -0.610. The molecule has 1 atom stereocenters. The van der Waals surface area contributed by atoms with Crippen LogP contribution in [0.25, 0.3) is 0 Å². The summed E-state index contributed by atoms with van der Waals surface area (Å²) < 4.78 is 0. The largest absolute Gasteiger partial charge is 0.353 e. The van der Waals surface area contributed by atoms with E-state index in [0.717, 1.165) is 19.6 Å². The minimum absolute atomic E-state index is 0.209. The third-order valence-corrected chi connectivity index (χ3v) is 2.83. The van der Waals surface area contributed by atoms with Crippen LogP contribution in [-0.4, -0.2) is 49.6 Å². The Morgan fingerprint density at radius 1 is 1.57 bits per heavy atom. The highest BCUT2D eigenvalue weighted by Crippen LogP contribution is 2.18. The van der Waals surface area contributed by atoms with Gasteiger partial charge in [-0.15, -0.1) is 0 Å². The molecule has 1 saturated carbocycles. The maximum atomic E-state index is 11.5. The van der Waals surface area contributed by atoms with Gasteiger partial charge < -0.3 is 15.5 Å². The Morgan fingerprint density at radius 3 is 3.00 bits per heavy atom. The van der Waals surface area contributed by atoms with Crippen LogP contribution >= 0.6 is 0 Å². The highest BCUT2D eigenvalue weighted by Gasteiger charge is 2.25. The number of nitrogens with one attached hydrogen (secondary N) is 2. The van der Waals surface area contributed by atoms with Crippen molar-refractivity contribution >= 4 is 5.91 Å². The zero-order valence-electron chi connectivity index (χ0n) is 8.75. The highest BCUT2D eigenvalue weighted by molar-refractivity contribution is 5.77. The normalized spacial score (nSPS) is 28.8. The van der Waals surface area contributed by atoms with Crippen LogP contribution in [0, 0.1) is 0 Å². The number of hydrogen-bond donors (Lipinski definition) is 2. The molecule has 2 rings (SSSR count). The summed E-state index contributed by atoms with van der Waals surface area (Å²) in [7, 11) is 2.10.